The maximum Gasteiger partial charge on any atom is 0.256 e. The molecule has 2 aromatic rings. The SMILES string of the molecule is COc1c(Cl)ccc(Cl)c1C(=O)NCc1cc(C)n(C)c1C. The molecule has 0 unspecified atom stereocenters. The van der Waals surface area contributed by atoms with Gasteiger partial charge in [0.15, 0.2) is 5.75 Å². The van der Waals surface area contributed by atoms with E-state index in [9.17, 15) is 4.79 Å². The van der Waals surface area contributed by atoms with Gasteiger partial charge in [0, 0.05) is 25.0 Å². The number of ether oxygens (including phenoxy) is 1. The molecule has 0 atom stereocenters. The summed E-state index contributed by atoms with van der Waals surface area (Å²) in [6.45, 7) is 4.45. The fourth-order valence-electron chi connectivity index (χ4n) is 2.32. The second kappa shape index (κ2) is 6.63. The van der Waals surface area contributed by atoms with E-state index in [4.69, 9.17) is 27.9 Å². The predicted octanol–water partition coefficient (Wildman–Crippen LogP) is 3.89. The zero-order valence-electron chi connectivity index (χ0n) is 13.0. The van der Waals surface area contributed by atoms with Gasteiger partial charge in [-0.1, -0.05) is 23.2 Å². The lowest BCUT2D eigenvalue weighted by atomic mass is 10.1. The van der Waals surface area contributed by atoms with E-state index in [-0.39, 0.29) is 17.2 Å². The highest BCUT2D eigenvalue weighted by Crippen LogP contribution is 2.33. The highest BCUT2D eigenvalue weighted by molar-refractivity contribution is 6.37. The van der Waals surface area contributed by atoms with Crippen molar-refractivity contribution in [1.29, 1.82) is 0 Å². The molecule has 0 aliphatic heterocycles. The number of aryl methyl sites for hydroxylation is 1. The van der Waals surface area contributed by atoms with Crippen LogP contribution in [0.25, 0.3) is 0 Å². The van der Waals surface area contributed by atoms with Crippen LogP contribution in [0.2, 0.25) is 10.0 Å². The Bertz CT molecular complexity index is 723. The summed E-state index contributed by atoms with van der Waals surface area (Å²) in [6.07, 6.45) is 0. The van der Waals surface area contributed by atoms with Crippen molar-refractivity contribution < 1.29 is 9.53 Å². The van der Waals surface area contributed by atoms with Gasteiger partial charge in [-0.15, -0.1) is 0 Å². The standard InChI is InChI=1S/C16H18Cl2N2O2/c1-9-7-11(10(2)20(9)3)8-19-16(21)14-12(17)5-6-13(18)15(14)22-4/h5-7H,8H2,1-4H3,(H,19,21). The van der Waals surface area contributed by atoms with Crippen molar-refractivity contribution in [3.63, 3.8) is 0 Å². The van der Waals surface area contributed by atoms with Crippen LogP contribution in [0.3, 0.4) is 0 Å². The molecule has 1 aromatic heterocycles. The molecule has 2 rings (SSSR count). The van der Waals surface area contributed by atoms with E-state index in [2.05, 4.69) is 9.88 Å². The number of nitrogens with one attached hydrogen (secondary N) is 1. The monoisotopic (exact) mass is 340 g/mol. The second-order valence-electron chi connectivity index (χ2n) is 5.08. The molecular weight excluding hydrogens is 323 g/mol. The van der Waals surface area contributed by atoms with Gasteiger partial charge >= 0.3 is 0 Å². The molecule has 0 bridgehead atoms. The van der Waals surface area contributed by atoms with Crippen LogP contribution in [0.15, 0.2) is 18.2 Å². The van der Waals surface area contributed by atoms with Crippen molar-refractivity contribution in [1.82, 2.24) is 9.88 Å². The van der Waals surface area contributed by atoms with Gasteiger partial charge in [-0.2, -0.15) is 0 Å². The summed E-state index contributed by atoms with van der Waals surface area (Å²) in [5.74, 6) is -0.0297. The normalized spacial score (nSPS) is 10.6. The molecule has 6 heteroatoms. The Morgan fingerprint density at radius 2 is 1.91 bits per heavy atom. The quantitative estimate of drug-likeness (QED) is 0.917. The van der Waals surface area contributed by atoms with Crippen LogP contribution >= 0.6 is 23.2 Å². The maximum atomic E-state index is 12.4. The number of carbonyl (C=O) groups excluding carboxylic acids is 1. The van der Waals surface area contributed by atoms with Crippen molar-refractivity contribution >= 4 is 29.1 Å². The van der Waals surface area contributed by atoms with E-state index in [1.807, 2.05) is 27.0 Å². The van der Waals surface area contributed by atoms with E-state index in [0.29, 0.717) is 16.6 Å². The molecule has 0 fully saturated rings. The molecule has 1 heterocycles. The average Bonchev–Trinajstić information content (AvgIpc) is 2.74. The molecule has 1 N–H and O–H groups in total. The van der Waals surface area contributed by atoms with Crippen molar-refractivity contribution in [2.75, 3.05) is 7.11 Å². The second-order valence-corrected chi connectivity index (χ2v) is 5.89. The summed E-state index contributed by atoms with van der Waals surface area (Å²) in [7, 11) is 3.45. The summed E-state index contributed by atoms with van der Waals surface area (Å²) < 4.78 is 7.27. The number of halogens is 2. The molecule has 0 aliphatic rings. The lowest BCUT2D eigenvalue weighted by molar-refractivity contribution is 0.0948. The zero-order chi connectivity index (χ0) is 16.4. The van der Waals surface area contributed by atoms with Crippen molar-refractivity contribution in [2.45, 2.75) is 20.4 Å². The Labute approximate surface area is 140 Å². The van der Waals surface area contributed by atoms with Gasteiger partial charge in [0.05, 0.1) is 17.2 Å². The van der Waals surface area contributed by atoms with Gasteiger partial charge in [0.1, 0.15) is 5.56 Å². The smallest absolute Gasteiger partial charge is 0.256 e. The maximum absolute atomic E-state index is 12.4. The van der Waals surface area contributed by atoms with Gasteiger partial charge in [0.2, 0.25) is 0 Å². The number of carbonyl (C=O) groups is 1. The molecule has 118 valence electrons. The fraction of sp³-hybridized carbons (Fsp3) is 0.312. The molecule has 0 saturated heterocycles. The van der Waals surface area contributed by atoms with Gasteiger partial charge in [0.25, 0.3) is 5.91 Å². The van der Waals surface area contributed by atoms with Crippen LogP contribution in [0.4, 0.5) is 0 Å². The molecule has 1 aromatic carbocycles. The van der Waals surface area contributed by atoms with Crippen LogP contribution in [0.1, 0.15) is 27.3 Å². The number of hydrogen-bond donors (Lipinski definition) is 1. The first kappa shape index (κ1) is 16.7. The fourth-order valence-corrected chi connectivity index (χ4v) is 2.79. The minimum atomic E-state index is -0.315. The Morgan fingerprint density at radius 3 is 2.45 bits per heavy atom. The molecule has 0 radical (unpaired) electrons. The molecule has 0 aliphatic carbocycles. The number of methoxy groups -OCH3 is 1. The Kier molecular flexibility index (Phi) is 5.04. The highest BCUT2D eigenvalue weighted by Gasteiger charge is 2.19. The van der Waals surface area contributed by atoms with E-state index in [1.165, 1.54) is 7.11 Å². The van der Waals surface area contributed by atoms with Crippen LogP contribution in [-0.4, -0.2) is 17.6 Å². The summed E-state index contributed by atoms with van der Waals surface area (Å²) in [5, 5.41) is 3.52. The van der Waals surface area contributed by atoms with Crippen LogP contribution in [-0.2, 0) is 13.6 Å². The molecule has 0 spiro atoms. The molecular formula is C16H18Cl2N2O2. The third-order valence-electron chi connectivity index (χ3n) is 3.81. The first-order valence-corrected chi connectivity index (χ1v) is 7.54. The van der Waals surface area contributed by atoms with Gasteiger partial charge in [-0.3, -0.25) is 4.79 Å². The Balaban J connectivity index is 2.23. The zero-order valence-corrected chi connectivity index (χ0v) is 14.5. The number of benzene rings is 1. The number of nitrogens with zero attached hydrogens (tertiary/aromatic N) is 1. The summed E-state index contributed by atoms with van der Waals surface area (Å²) in [6, 6.07) is 5.23. The molecule has 4 nitrogen and oxygen atoms in total. The molecule has 0 saturated carbocycles. The van der Waals surface area contributed by atoms with Crippen molar-refractivity contribution in [2.24, 2.45) is 7.05 Å². The topological polar surface area (TPSA) is 43.3 Å². The van der Waals surface area contributed by atoms with Gasteiger partial charge in [-0.25, -0.2) is 0 Å². The van der Waals surface area contributed by atoms with Crippen LogP contribution in [0, 0.1) is 13.8 Å². The average molecular weight is 341 g/mol. The molecule has 1 amide bonds. The first-order chi connectivity index (χ1) is 10.4. The third-order valence-corrected chi connectivity index (χ3v) is 4.42. The van der Waals surface area contributed by atoms with E-state index in [0.717, 1.165) is 17.0 Å². The van der Waals surface area contributed by atoms with Crippen LogP contribution < -0.4 is 10.1 Å². The lowest BCUT2D eigenvalue weighted by Gasteiger charge is -2.12. The van der Waals surface area contributed by atoms with Crippen molar-refractivity contribution in [3.05, 3.63) is 50.8 Å². The number of hydrogen-bond acceptors (Lipinski definition) is 2. The summed E-state index contributed by atoms with van der Waals surface area (Å²) in [4.78, 5) is 12.4. The number of rotatable bonds is 4. The Hall–Kier alpha value is -1.65. The number of amides is 1. The minimum Gasteiger partial charge on any atom is -0.494 e. The van der Waals surface area contributed by atoms with Crippen LogP contribution in [0.5, 0.6) is 5.75 Å². The third kappa shape index (κ3) is 3.08. The first-order valence-electron chi connectivity index (χ1n) is 6.78. The number of aromatic nitrogens is 1. The van der Waals surface area contributed by atoms with Gasteiger partial charge in [-0.05, 0) is 37.6 Å². The van der Waals surface area contributed by atoms with Gasteiger partial charge < -0.3 is 14.6 Å². The Morgan fingerprint density at radius 1 is 1.27 bits per heavy atom. The minimum absolute atomic E-state index is 0.252. The van der Waals surface area contributed by atoms with Crippen molar-refractivity contribution in [3.8, 4) is 5.75 Å². The van der Waals surface area contributed by atoms with E-state index >= 15 is 0 Å². The lowest BCUT2D eigenvalue weighted by Crippen LogP contribution is -2.24. The summed E-state index contributed by atoms with van der Waals surface area (Å²) >= 11 is 12.2. The predicted molar refractivity (Wildman–Crippen MR) is 89.1 cm³/mol. The largest absolute Gasteiger partial charge is 0.494 e. The molecule has 22 heavy (non-hydrogen) atoms. The van der Waals surface area contributed by atoms with E-state index in [1.54, 1.807) is 12.1 Å². The summed E-state index contributed by atoms with van der Waals surface area (Å²) in [5.41, 5.74) is 3.56. The highest BCUT2D eigenvalue weighted by atomic mass is 35.5. The van der Waals surface area contributed by atoms with E-state index < -0.39 is 0 Å².